The Hall–Kier alpha value is -1.26. The van der Waals surface area contributed by atoms with Crippen LogP contribution in [0.15, 0.2) is 41.4 Å². The van der Waals surface area contributed by atoms with Crippen molar-refractivity contribution < 1.29 is 0 Å². The van der Waals surface area contributed by atoms with Gasteiger partial charge in [-0.1, -0.05) is 18.2 Å². The molecule has 0 saturated heterocycles. The van der Waals surface area contributed by atoms with Crippen molar-refractivity contribution in [3.8, 4) is 0 Å². The fourth-order valence-corrected chi connectivity index (χ4v) is 3.03. The molecule has 20 heavy (non-hydrogen) atoms. The minimum absolute atomic E-state index is 0.756. The highest BCUT2D eigenvalue weighted by Gasteiger charge is 2.20. The minimum Gasteiger partial charge on any atom is -0.310 e. The van der Waals surface area contributed by atoms with Crippen molar-refractivity contribution in [2.24, 2.45) is 0 Å². The van der Waals surface area contributed by atoms with Gasteiger partial charge in [0.05, 0.1) is 12.2 Å². The van der Waals surface area contributed by atoms with Gasteiger partial charge in [-0.25, -0.2) is 0 Å². The maximum atomic E-state index is 4.60. The third-order valence-corrected chi connectivity index (χ3v) is 4.53. The molecule has 1 aromatic heterocycles. The lowest BCUT2D eigenvalue weighted by atomic mass is 10.2. The van der Waals surface area contributed by atoms with E-state index >= 15 is 0 Å². The first-order valence-corrected chi connectivity index (χ1v) is 8.24. The van der Waals surface area contributed by atoms with E-state index in [4.69, 9.17) is 0 Å². The highest BCUT2D eigenvalue weighted by atomic mass is 32.2. The number of aryl methyl sites for hydroxylation is 2. The first-order chi connectivity index (χ1) is 9.81. The summed E-state index contributed by atoms with van der Waals surface area (Å²) in [6.45, 7) is 4.02. The molecule has 0 amide bonds. The molecule has 2 aromatic rings. The van der Waals surface area contributed by atoms with Crippen LogP contribution < -0.4 is 5.32 Å². The smallest absolute Gasteiger partial charge is 0.0638 e. The van der Waals surface area contributed by atoms with Crippen molar-refractivity contribution in [1.82, 2.24) is 15.1 Å². The van der Waals surface area contributed by atoms with Crippen LogP contribution in [0, 0.1) is 6.92 Å². The summed E-state index contributed by atoms with van der Waals surface area (Å²) in [5, 5.41) is 8.15. The van der Waals surface area contributed by atoms with Crippen molar-refractivity contribution in [2.75, 3.05) is 5.75 Å². The van der Waals surface area contributed by atoms with Gasteiger partial charge < -0.3 is 5.32 Å². The van der Waals surface area contributed by atoms with Crippen LogP contribution >= 0.6 is 11.8 Å². The molecule has 1 saturated carbocycles. The fraction of sp³-hybridized carbons (Fsp3) is 0.438. The highest BCUT2D eigenvalue weighted by Crippen LogP contribution is 2.20. The lowest BCUT2D eigenvalue weighted by molar-refractivity contribution is 0.657. The Morgan fingerprint density at radius 1 is 1.30 bits per heavy atom. The molecular weight excluding hydrogens is 266 g/mol. The van der Waals surface area contributed by atoms with Gasteiger partial charge in [0.1, 0.15) is 0 Å². The molecule has 1 aliphatic rings. The van der Waals surface area contributed by atoms with Crippen molar-refractivity contribution in [1.29, 1.82) is 0 Å². The van der Waals surface area contributed by atoms with Crippen molar-refractivity contribution in [3.63, 3.8) is 0 Å². The molecule has 0 atom stereocenters. The quantitative estimate of drug-likeness (QED) is 0.793. The maximum absolute atomic E-state index is 4.60. The van der Waals surface area contributed by atoms with Crippen LogP contribution in [0.3, 0.4) is 0 Å². The van der Waals surface area contributed by atoms with Crippen molar-refractivity contribution in [2.45, 2.75) is 43.8 Å². The molecule has 1 aromatic carbocycles. The molecule has 3 rings (SSSR count). The molecule has 3 nitrogen and oxygen atoms in total. The molecule has 1 heterocycles. The lowest BCUT2D eigenvalue weighted by Crippen LogP contribution is -2.15. The average molecular weight is 287 g/mol. The SMILES string of the molecule is Cc1nn(CCSc2ccccc2)cc1CNC1CC1. The van der Waals surface area contributed by atoms with Gasteiger partial charge in [0, 0.05) is 35.0 Å². The van der Waals surface area contributed by atoms with Gasteiger partial charge in [-0.15, -0.1) is 11.8 Å². The monoisotopic (exact) mass is 287 g/mol. The molecule has 1 aliphatic carbocycles. The lowest BCUT2D eigenvalue weighted by Gasteiger charge is -2.02. The van der Waals surface area contributed by atoms with Crippen LogP contribution in [0.5, 0.6) is 0 Å². The number of nitrogens with zero attached hydrogens (tertiary/aromatic N) is 2. The van der Waals surface area contributed by atoms with Gasteiger partial charge in [0.25, 0.3) is 0 Å². The molecule has 0 radical (unpaired) electrons. The number of hydrogen-bond acceptors (Lipinski definition) is 3. The van der Waals surface area contributed by atoms with Crippen molar-refractivity contribution >= 4 is 11.8 Å². The average Bonchev–Trinajstić information content (AvgIpc) is 3.22. The van der Waals surface area contributed by atoms with E-state index < -0.39 is 0 Å². The van der Waals surface area contributed by atoms with E-state index in [0.29, 0.717) is 0 Å². The Balaban J connectivity index is 1.48. The molecular formula is C16H21N3S. The molecule has 1 fully saturated rings. The highest BCUT2D eigenvalue weighted by molar-refractivity contribution is 7.99. The Kier molecular flexibility index (Phi) is 4.43. The number of aromatic nitrogens is 2. The molecule has 1 N–H and O–H groups in total. The third kappa shape index (κ3) is 3.87. The molecule has 106 valence electrons. The normalized spacial score (nSPS) is 14.7. The van der Waals surface area contributed by atoms with Gasteiger partial charge in [-0.2, -0.15) is 5.10 Å². The summed E-state index contributed by atoms with van der Waals surface area (Å²) >= 11 is 1.88. The first kappa shape index (κ1) is 13.7. The summed E-state index contributed by atoms with van der Waals surface area (Å²) in [5.74, 6) is 1.06. The first-order valence-electron chi connectivity index (χ1n) is 7.25. The van der Waals surface area contributed by atoms with E-state index in [1.54, 1.807) is 0 Å². The van der Waals surface area contributed by atoms with E-state index in [2.05, 4.69) is 58.5 Å². The Morgan fingerprint density at radius 2 is 2.10 bits per heavy atom. The Morgan fingerprint density at radius 3 is 2.85 bits per heavy atom. The summed E-state index contributed by atoms with van der Waals surface area (Å²) in [6.07, 6.45) is 4.86. The van der Waals surface area contributed by atoms with Crippen molar-refractivity contribution in [3.05, 3.63) is 47.8 Å². The van der Waals surface area contributed by atoms with E-state index in [0.717, 1.165) is 30.6 Å². The zero-order chi connectivity index (χ0) is 13.8. The second-order valence-corrected chi connectivity index (χ2v) is 6.49. The standard InChI is InChI=1S/C16H21N3S/c1-13-14(11-17-15-7-8-15)12-19(18-13)9-10-20-16-5-3-2-4-6-16/h2-6,12,15,17H,7-11H2,1H3. The van der Waals surface area contributed by atoms with Gasteiger partial charge >= 0.3 is 0 Å². The topological polar surface area (TPSA) is 29.9 Å². The number of rotatable bonds is 7. The second-order valence-electron chi connectivity index (χ2n) is 5.32. The second kappa shape index (κ2) is 6.46. The molecule has 0 bridgehead atoms. The molecule has 0 spiro atoms. The summed E-state index contributed by atoms with van der Waals surface area (Å²) in [4.78, 5) is 1.33. The van der Waals surface area contributed by atoms with Crippen LogP contribution in [0.4, 0.5) is 0 Å². The van der Waals surface area contributed by atoms with Crippen LogP contribution in [0.2, 0.25) is 0 Å². The largest absolute Gasteiger partial charge is 0.310 e. The zero-order valence-electron chi connectivity index (χ0n) is 11.9. The number of hydrogen-bond donors (Lipinski definition) is 1. The maximum Gasteiger partial charge on any atom is 0.0638 e. The summed E-state index contributed by atoms with van der Waals surface area (Å²) < 4.78 is 2.08. The third-order valence-electron chi connectivity index (χ3n) is 3.54. The van der Waals surface area contributed by atoms with Gasteiger partial charge in [-0.3, -0.25) is 4.68 Å². The van der Waals surface area contributed by atoms with E-state index in [1.165, 1.54) is 23.3 Å². The van der Waals surface area contributed by atoms with E-state index in [1.807, 2.05) is 11.8 Å². The summed E-state index contributed by atoms with van der Waals surface area (Å²) in [5.41, 5.74) is 2.49. The van der Waals surface area contributed by atoms with Crippen LogP contribution in [-0.4, -0.2) is 21.6 Å². The Bertz CT molecular complexity index is 546. The van der Waals surface area contributed by atoms with Gasteiger partial charge in [-0.05, 0) is 31.9 Å². The molecule has 4 heteroatoms. The predicted molar refractivity (Wildman–Crippen MR) is 84.0 cm³/mol. The summed E-state index contributed by atoms with van der Waals surface area (Å²) in [7, 11) is 0. The molecule has 0 unspecified atom stereocenters. The van der Waals surface area contributed by atoms with Crippen LogP contribution in [-0.2, 0) is 13.1 Å². The van der Waals surface area contributed by atoms with Crippen LogP contribution in [0.1, 0.15) is 24.1 Å². The summed E-state index contributed by atoms with van der Waals surface area (Å²) in [6, 6.07) is 11.3. The Labute approximate surface area is 124 Å². The zero-order valence-corrected chi connectivity index (χ0v) is 12.7. The number of benzene rings is 1. The van der Waals surface area contributed by atoms with E-state index in [9.17, 15) is 0 Å². The number of thioether (sulfide) groups is 1. The minimum atomic E-state index is 0.756. The predicted octanol–water partition coefficient (Wildman–Crippen LogP) is 3.24. The number of nitrogens with one attached hydrogen (secondary N) is 1. The van der Waals surface area contributed by atoms with E-state index in [-0.39, 0.29) is 0 Å². The van der Waals surface area contributed by atoms with Gasteiger partial charge in [0.2, 0.25) is 0 Å². The molecule has 0 aliphatic heterocycles. The van der Waals surface area contributed by atoms with Crippen LogP contribution in [0.25, 0.3) is 0 Å². The fourth-order valence-electron chi connectivity index (χ4n) is 2.16. The van der Waals surface area contributed by atoms with Gasteiger partial charge in [0.15, 0.2) is 0 Å².